The summed E-state index contributed by atoms with van der Waals surface area (Å²) in [7, 11) is 1.78. The zero-order valence-corrected chi connectivity index (χ0v) is 11.3. The number of hydrogen-bond acceptors (Lipinski definition) is 5. The molecular formula is C11H16N6O2. The van der Waals surface area contributed by atoms with Gasteiger partial charge in [-0.3, -0.25) is 4.68 Å². The second-order valence-corrected chi connectivity index (χ2v) is 4.78. The average molecular weight is 264 g/mol. The summed E-state index contributed by atoms with van der Waals surface area (Å²) in [4.78, 5) is 11.3. The Morgan fingerprint density at radius 3 is 2.68 bits per heavy atom. The molecule has 0 spiro atoms. The molecule has 8 heteroatoms. The van der Waals surface area contributed by atoms with Gasteiger partial charge in [-0.2, -0.15) is 5.10 Å². The summed E-state index contributed by atoms with van der Waals surface area (Å²) in [5.74, 6) is -0.610. The summed E-state index contributed by atoms with van der Waals surface area (Å²) in [6.07, 6.45) is 0.789. The molecule has 0 saturated heterocycles. The molecule has 2 heterocycles. The van der Waals surface area contributed by atoms with Gasteiger partial charge in [0, 0.05) is 7.05 Å². The molecule has 0 aliphatic rings. The summed E-state index contributed by atoms with van der Waals surface area (Å²) in [6.45, 7) is 5.09. The second kappa shape index (κ2) is 4.45. The number of aromatic nitrogens is 6. The van der Waals surface area contributed by atoms with E-state index < -0.39 is 11.5 Å². The standard InChI is InChI=1S/C11H16N6O2/c1-5-7-6-8(16(4)13-7)9-12-14-15-17(9)11(2,3)10(18)19/h6H,5H2,1-4H3,(H,18,19). The van der Waals surface area contributed by atoms with Crippen molar-refractivity contribution in [2.75, 3.05) is 0 Å². The van der Waals surface area contributed by atoms with E-state index in [0.717, 1.165) is 12.1 Å². The summed E-state index contributed by atoms with van der Waals surface area (Å²) in [6, 6.07) is 1.86. The zero-order valence-electron chi connectivity index (χ0n) is 11.3. The molecule has 0 unspecified atom stereocenters. The molecule has 1 N–H and O–H groups in total. The van der Waals surface area contributed by atoms with Crippen molar-refractivity contribution < 1.29 is 9.90 Å². The van der Waals surface area contributed by atoms with Gasteiger partial charge in [0.25, 0.3) is 0 Å². The van der Waals surface area contributed by atoms with Crippen molar-refractivity contribution in [3.8, 4) is 11.5 Å². The fourth-order valence-electron chi connectivity index (χ4n) is 1.72. The lowest BCUT2D eigenvalue weighted by Gasteiger charge is -2.20. The predicted octanol–water partition coefficient (Wildman–Crippen LogP) is 0.456. The minimum Gasteiger partial charge on any atom is -0.479 e. The number of tetrazole rings is 1. The van der Waals surface area contributed by atoms with Gasteiger partial charge in [0.2, 0.25) is 5.82 Å². The summed E-state index contributed by atoms with van der Waals surface area (Å²) < 4.78 is 2.95. The van der Waals surface area contributed by atoms with Crippen LogP contribution in [-0.2, 0) is 23.8 Å². The topological polar surface area (TPSA) is 98.7 Å². The Balaban J connectivity index is 2.56. The zero-order chi connectivity index (χ0) is 14.2. The van der Waals surface area contributed by atoms with Crippen LogP contribution >= 0.6 is 0 Å². The molecule has 0 atom stereocenters. The third-order valence-corrected chi connectivity index (χ3v) is 3.04. The summed E-state index contributed by atoms with van der Waals surface area (Å²) in [5.41, 5.74) is 0.367. The number of aryl methyl sites for hydroxylation is 2. The Bertz CT molecular complexity index is 612. The van der Waals surface area contributed by atoms with Crippen molar-refractivity contribution in [1.29, 1.82) is 0 Å². The lowest BCUT2D eigenvalue weighted by atomic mass is 10.1. The van der Waals surface area contributed by atoms with Crippen LogP contribution in [0, 0.1) is 0 Å². The van der Waals surface area contributed by atoms with E-state index in [1.807, 2.05) is 13.0 Å². The van der Waals surface area contributed by atoms with Crippen LogP contribution in [0.15, 0.2) is 6.07 Å². The van der Waals surface area contributed by atoms with E-state index in [1.54, 1.807) is 25.6 Å². The SMILES string of the molecule is CCc1cc(-c2nnnn2C(C)(C)C(=O)O)n(C)n1. The van der Waals surface area contributed by atoms with Crippen LogP contribution in [0.1, 0.15) is 26.5 Å². The van der Waals surface area contributed by atoms with Crippen molar-refractivity contribution in [3.63, 3.8) is 0 Å². The monoisotopic (exact) mass is 264 g/mol. The Hall–Kier alpha value is -2.25. The number of rotatable bonds is 4. The predicted molar refractivity (Wildman–Crippen MR) is 66.4 cm³/mol. The van der Waals surface area contributed by atoms with Crippen LogP contribution in [-0.4, -0.2) is 41.1 Å². The maximum atomic E-state index is 11.3. The van der Waals surface area contributed by atoms with E-state index in [9.17, 15) is 9.90 Å². The average Bonchev–Trinajstić information content (AvgIpc) is 2.94. The van der Waals surface area contributed by atoms with Gasteiger partial charge < -0.3 is 5.11 Å². The highest BCUT2D eigenvalue weighted by Crippen LogP contribution is 2.23. The third kappa shape index (κ3) is 2.09. The molecule has 0 aromatic carbocycles. The van der Waals surface area contributed by atoms with Crippen molar-refractivity contribution in [3.05, 3.63) is 11.8 Å². The van der Waals surface area contributed by atoms with Gasteiger partial charge in [0.15, 0.2) is 5.54 Å². The van der Waals surface area contributed by atoms with Gasteiger partial charge in [-0.25, -0.2) is 9.48 Å². The molecule has 0 aliphatic carbocycles. The number of aliphatic carboxylic acids is 1. The molecule has 0 saturated carbocycles. The smallest absolute Gasteiger partial charge is 0.331 e. The minimum absolute atomic E-state index is 0.391. The number of carboxylic acids is 1. The molecule has 8 nitrogen and oxygen atoms in total. The van der Waals surface area contributed by atoms with Crippen molar-refractivity contribution in [1.82, 2.24) is 30.0 Å². The van der Waals surface area contributed by atoms with Gasteiger partial charge in [-0.15, -0.1) is 5.10 Å². The molecule has 102 valence electrons. The van der Waals surface area contributed by atoms with Crippen LogP contribution in [0.4, 0.5) is 0 Å². The molecule has 0 aliphatic heterocycles. The molecule has 2 aromatic rings. The number of hydrogen-bond donors (Lipinski definition) is 1. The highest BCUT2D eigenvalue weighted by molar-refractivity contribution is 5.76. The van der Waals surface area contributed by atoms with Gasteiger partial charge in [-0.1, -0.05) is 6.92 Å². The van der Waals surface area contributed by atoms with E-state index in [4.69, 9.17) is 0 Å². The number of carboxylic acid groups (broad SMARTS) is 1. The third-order valence-electron chi connectivity index (χ3n) is 3.04. The molecule has 0 fully saturated rings. The van der Waals surface area contributed by atoms with Gasteiger partial charge >= 0.3 is 5.97 Å². The lowest BCUT2D eigenvalue weighted by Crippen LogP contribution is -2.37. The Labute approximate surface area is 110 Å². The molecule has 2 aromatic heterocycles. The van der Waals surface area contributed by atoms with Crippen LogP contribution in [0.3, 0.4) is 0 Å². The molecule has 19 heavy (non-hydrogen) atoms. The Morgan fingerprint density at radius 2 is 2.16 bits per heavy atom. The highest BCUT2D eigenvalue weighted by Gasteiger charge is 2.34. The van der Waals surface area contributed by atoms with E-state index in [2.05, 4.69) is 20.6 Å². The fourth-order valence-corrected chi connectivity index (χ4v) is 1.72. The van der Waals surface area contributed by atoms with Crippen LogP contribution in [0.5, 0.6) is 0 Å². The van der Waals surface area contributed by atoms with E-state index >= 15 is 0 Å². The van der Waals surface area contributed by atoms with Crippen molar-refractivity contribution in [2.24, 2.45) is 7.05 Å². The number of nitrogens with zero attached hydrogens (tertiary/aromatic N) is 6. The molecule has 2 rings (SSSR count). The van der Waals surface area contributed by atoms with Crippen molar-refractivity contribution >= 4 is 5.97 Å². The first-order valence-electron chi connectivity index (χ1n) is 5.93. The minimum atomic E-state index is -1.23. The molecule has 0 radical (unpaired) electrons. The molecule has 0 bridgehead atoms. The van der Waals surface area contributed by atoms with E-state index in [-0.39, 0.29) is 0 Å². The van der Waals surface area contributed by atoms with Gasteiger partial charge in [-0.05, 0) is 36.8 Å². The normalized spacial score (nSPS) is 11.8. The second-order valence-electron chi connectivity index (χ2n) is 4.78. The first-order valence-corrected chi connectivity index (χ1v) is 5.93. The van der Waals surface area contributed by atoms with Crippen LogP contribution in [0.25, 0.3) is 11.5 Å². The fraction of sp³-hybridized carbons (Fsp3) is 0.545. The maximum absolute atomic E-state index is 11.3. The largest absolute Gasteiger partial charge is 0.479 e. The van der Waals surface area contributed by atoms with Crippen LogP contribution < -0.4 is 0 Å². The van der Waals surface area contributed by atoms with Crippen molar-refractivity contribution in [2.45, 2.75) is 32.7 Å². The van der Waals surface area contributed by atoms with Gasteiger partial charge in [0.1, 0.15) is 5.69 Å². The van der Waals surface area contributed by atoms with E-state index in [0.29, 0.717) is 11.5 Å². The molecular weight excluding hydrogens is 248 g/mol. The highest BCUT2D eigenvalue weighted by atomic mass is 16.4. The quantitative estimate of drug-likeness (QED) is 0.861. The maximum Gasteiger partial charge on any atom is 0.331 e. The van der Waals surface area contributed by atoms with E-state index in [1.165, 1.54) is 4.68 Å². The molecule has 0 amide bonds. The summed E-state index contributed by atoms with van der Waals surface area (Å²) in [5, 5.41) is 24.9. The summed E-state index contributed by atoms with van der Waals surface area (Å²) >= 11 is 0. The number of carbonyl (C=O) groups is 1. The first-order chi connectivity index (χ1) is 8.87. The Kier molecular flexibility index (Phi) is 3.09. The van der Waals surface area contributed by atoms with Crippen LogP contribution in [0.2, 0.25) is 0 Å². The van der Waals surface area contributed by atoms with Gasteiger partial charge in [0.05, 0.1) is 5.69 Å². The first kappa shape index (κ1) is 13.2. The Morgan fingerprint density at radius 1 is 1.47 bits per heavy atom. The lowest BCUT2D eigenvalue weighted by molar-refractivity contribution is -0.146.